The normalized spacial score (nSPS) is 11.7. The molecule has 5 rings (SSSR count). The molecule has 1 aromatic heterocycles. The lowest BCUT2D eigenvalue weighted by Crippen LogP contribution is -2.19. The summed E-state index contributed by atoms with van der Waals surface area (Å²) in [7, 11) is 0. The number of amides is 2. The van der Waals surface area contributed by atoms with Gasteiger partial charge in [-0.2, -0.15) is 9.36 Å². The number of aromatic nitrogens is 2. The highest BCUT2D eigenvalue weighted by molar-refractivity contribution is 8.00. The molecule has 38 heavy (non-hydrogen) atoms. The van der Waals surface area contributed by atoms with Crippen LogP contribution in [0.2, 0.25) is 0 Å². The van der Waals surface area contributed by atoms with E-state index in [9.17, 15) is 9.59 Å². The predicted octanol–water partition coefficient (Wildman–Crippen LogP) is 7.53. The van der Waals surface area contributed by atoms with Crippen molar-refractivity contribution in [3.63, 3.8) is 0 Å². The number of nitrogens with zero attached hydrogens (tertiary/aromatic N) is 2. The van der Waals surface area contributed by atoms with E-state index in [1.54, 1.807) is 0 Å². The Balaban J connectivity index is 1.28. The van der Waals surface area contributed by atoms with Crippen molar-refractivity contribution in [2.45, 2.75) is 22.2 Å². The zero-order valence-corrected chi connectivity index (χ0v) is 22.9. The van der Waals surface area contributed by atoms with Crippen molar-refractivity contribution >= 4 is 68.5 Å². The van der Waals surface area contributed by atoms with Crippen molar-refractivity contribution in [2.75, 3.05) is 16.4 Å². The molecular weight excluding hydrogens is 533 g/mol. The number of hydrogen-bond donors (Lipinski definition) is 2. The number of anilines is 2. The van der Waals surface area contributed by atoms with E-state index in [-0.39, 0.29) is 11.8 Å². The monoisotopic (exact) mass is 556 g/mol. The predicted molar refractivity (Wildman–Crippen MR) is 158 cm³/mol. The van der Waals surface area contributed by atoms with E-state index in [0.717, 1.165) is 27.0 Å². The Bertz CT molecular complexity index is 1560. The number of benzene rings is 4. The molecule has 4 aromatic carbocycles. The number of thioether (sulfide) groups is 2. The fourth-order valence-electron chi connectivity index (χ4n) is 3.81. The van der Waals surface area contributed by atoms with Crippen LogP contribution >= 0.6 is 35.1 Å². The van der Waals surface area contributed by atoms with E-state index in [4.69, 9.17) is 0 Å². The second kappa shape index (κ2) is 12.3. The third-order valence-electron chi connectivity index (χ3n) is 5.63. The summed E-state index contributed by atoms with van der Waals surface area (Å²) in [5.74, 6) is 0.528. The van der Waals surface area contributed by atoms with Crippen molar-refractivity contribution in [1.29, 1.82) is 0 Å². The molecule has 2 amide bonds. The highest BCUT2D eigenvalue weighted by Crippen LogP contribution is 2.37. The molecule has 190 valence electrons. The summed E-state index contributed by atoms with van der Waals surface area (Å²) >= 11 is 4.15. The molecule has 0 saturated heterocycles. The first-order valence-electron chi connectivity index (χ1n) is 12.0. The summed E-state index contributed by atoms with van der Waals surface area (Å²) < 4.78 is 4.28. The van der Waals surface area contributed by atoms with Crippen LogP contribution in [0.4, 0.5) is 10.8 Å². The number of hydrogen-bond acceptors (Lipinski definition) is 7. The lowest BCUT2D eigenvalue weighted by Gasteiger charge is -2.16. The van der Waals surface area contributed by atoms with Crippen LogP contribution in [0, 0.1) is 0 Å². The SMILES string of the molecule is CCSc1nsc(NC(=O)C(Sc2ccc(NC(=O)c3ccc4ccccc4c3)cc2)c2ccccc2)n1. The van der Waals surface area contributed by atoms with E-state index in [1.165, 1.54) is 35.1 Å². The molecule has 5 aromatic rings. The quantitative estimate of drug-likeness (QED) is 0.183. The average Bonchev–Trinajstić information content (AvgIpc) is 3.39. The first-order valence-corrected chi connectivity index (χ1v) is 14.6. The molecule has 0 aliphatic heterocycles. The molecule has 1 atom stereocenters. The molecule has 0 fully saturated rings. The average molecular weight is 557 g/mol. The molecule has 0 aliphatic rings. The highest BCUT2D eigenvalue weighted by atomic mass is 32.2. The van der Waals surface area contributed by atoms with Crippen LogP contribution in [-0.2, 0) is 4.79 Å². The van der Waals surface area contributed by atoms with Gasteiger partial charge >= 0.3 is 0 Å². The van der Waals surface area contributed by atoms with Gasteiger partial charge in [0.2, 0.25) is 16.2 Å². The van der Waals surface area contributed by atoms with Gasteiger partial charge in [-0.1, -0.05) is 79.3 Å². The van der Waals surface area contributed by atoms with Crippen LogP contribution in [0.3, 0.4) is 0 Å². The molecular formula is C29H24N4O2S3. The summed E-state index contributed by atoms with van der Waals surface area (Å²) in [6.45, 7) is 2.03. The van der Waals surface area contributed by atoms with Crippen LogP contribution in [0.25, 0.3) is 10.8 Å². The zero-order valence-electron chi connectivity index (χ0n) is 20.5. The van der Waals surface area contributed by atoms with E-state index in [2.05, 4.69) is 20.0 Å². The van der Waals surface area contributed by atoms with E-state index < -0.39 is 5.25 Å². The van der Waals surface area contributed by atoms with Gasteiger partial charge in [-0.3, -0.25) is 14.9 Å². The standard InChI is InChI=1S/C29H24N4O2S3/c1-2-36-29-32-28(38-33-29)31-27(35)25(20-9-4-3-5-10-20)37-24-16-14-23(15-17-24)30-26(34)22-13-12-19-8-6-7-11-21(19)18-22/h3-18,25H,2H2,1H3,(H,30,34)(H,31,32,33,35). The van der Waals surface area contributed by atoms with Crippen LogP contribution in [0.5, 0.6) is 0 Å². The largest absolute Gasteiger partial charge is 0.322 e. The Morgan fingerprint density at radius 3 is 2.37 bits per heavy atom. The molecule has 2 N–H and O–H groups in total. The molecule has 1 unspecified atom stereocenters. The lowest BCUT2D eigenvalue weighted by atomic mass is 10.1. The zero-order chi connectivity index (χ0) is 26.3. The third-order valence-corrected chi connectivity index (χ3v) is 8.37. The minimum atomic E-state index is -0.486. The number of carbonyl (C=O) groups is 2. The number of nitrogens with one attached hydrogen (secondary N) is 2. The number of fused-ring (bicyclic) bond motifs is 1. The summed E-state index contributed by atoms with van der Waals surface area (Å²) in [5, 5.41) is 8.66. The Labute approximate surface area is 233 Å². The minimum Gasteiger partial charge on any atom is -0.322 e. The maximum Gasteiger partial charge on any atom is 0.255 e. The fraction of sp³-hybridized carbons (Fsp3) is 0.103. The fourth-order valence-corrected chi connectivity index (χ4v) is 6.10. The highest BCUT2D eigenvalue weighted by Gasteiger charge is 2.23. The Morgan fingerprint density at radius 2 is 1.61 bits per heavy atom. The first-order chi connectivity index (χ1) is 18.6. The van der Waals surface area contributed by atoms with Gasteiger partial charge in [0.15, 0.2) is 0 Å². The van der Waals surface area contributed by atoms with Crippen molar-refractivity contribution < 1.29 is 9.59 Å². The van der Waals surface area contributed by atoms with Gasteiger partial charge in [0, 0.05) is 27.7 Å². The topological polar surface area (TPSA) is 84.0 Å². The Kier molecular flexibility index (Phi) is 8.37. The summed E-state index contributed by atoms with van der Waals surface area (Å²) in [5.41, 5.74) is 2.17. The van der Waals surface area contributed by atoms with Crippen molar-refractivity contribution in [3.05, 3.63) is 108 Å². The first kappa shape index (κ1) is 26.0. The van der Waals surface area contributed by atoms with Crippen molar-refractivity contribution in [2.24, 2.45) is 0 Å². The van der Waals surface area contributed by atoms with Crippen LogP contribution < -0.4 is 10.6 Å². The second-order valence-electron chi connectivity index (χ2n) is 8.25. The molecule has 1 heterocycles. The Hall–Kier alpha value is -3.66. The smallest absolute Gasteiger partial charge is 0.255 e. The van der Waals surface area contributed by atoms with Gasteiger partial charge < -0.3 is 5.32 Å². The summed E-state index contributed by atoms with van der Waals surface area (Å²) in [4.78, 5) is 31.4. The molecule has 0 radical (unpaired) electrons. The maximum absolute atomic E-state index is 13.3. The second-order valence-corrected chi connectivity index (χ2v) is 11.4. The van der Waals surface area contributed by atoms with Crippen molar-refractivity contribution in [3.8, 4) is 0 Å². The van der Waals surface area contributed by atoms with Gasteiger partial charge in [0.25, 0.3) is 5.91 Å². The van der Waals surface area contributed by atoms with Gasteiger partial charge in [-0.25, -0.2) is 0 Å². The molecule has 6 nitrogen and oxygen atoms in total. The van der Waals surface area contributed by atoms with E-state index in [0.29, 0.717) is 21.5 Å². The molecule has 0 spiro atoms. The molecule has 9 heteroatoms. The van der Waals surface area contributed by atoms with Crippen LogP contribution in [0.1, 0.15) is 28.1 Å². The number of rotatable bonds is 9. The molecule has 0 bridgehead atoms. The van der Waals surface area contributed by atoms with E-state index in [1.807, 2.05) is 104 Å². The van der Waals surface area contributed by atoms with Crippen molar-refractivity contribution in [1.82, 2.24) is 9.36 Å². The van der Waals surface area contributed by atoms with Gasteiger partial charge in [0.1, 0.15) is 5.25 Å². The van der Waals surface area contributed by atoms with Gasteiger partial charge in [0.05, 0.1) is 0 Å². The minimum absolute atomic E-state index is 0.168. The van der Waals surface area contributed by atoms with Gasteiger partial charge in [-0.05, 0) is 58.5 Å². The molecule has 0 saturated carbocycles. The van der Waals surface area contributed by atoms with E-state index >= 15 is 0 Å². The van der Waals surface area contributed by atoms with Crippen LogP contribution in [-0.4, -0.2) is 26.9 Å². The Morgan fingerprint density at radius 1 is 0.868 bits per heavy atom. The number of carbonyl (C=O) groups excluding carboxylic acids is 2. The summed E-state index contributed by atoms with van der Waals surface area (Å²) in [6, 6.07) is 30.8. The third kappa shape index (κ3) is 6.42. The molecule has 0 aliphatic carbocycles. The van der Waals surface area contributed by atoms with Gasteiger partial charge in [-0.15, -0.1) is 11.8 Å². The maximum atomic E-state index is 13.3. The summed E-state index contributed by atoms with van der Waals surface area (Å²) in [6.07, 6.45) is 0. The lowest BCUT2D eigenvalue weighted by molar-refractivity contribution is -0.115. The van der Waals surface area contributed by atoms with Crippen LogP contribution in [0.15, 0.2) is 107 Å².